The fourth-order valence-corrected chi connectivity index (χ4v) is 2.99. The van der Waals surface area contributed by atoms with E-state index in [1.54, 1.807) is 30.1 Å². The molecule has 1 aromatic heterocycles. The lowest BCUT2D eigenvalue weighted by atomic mass is 10.1. The maximum absolute atomic E-state index is 12.4. The molecule has 0 bridgehead atoms. The van der Waals surface area contributed by atoms with Crippen LogP contribution in [0.3, 0.4) is 0 Å². The first kappa shape index (κ1) is 20.9. The Bertz CT molecular complexity index is 1050. The number of hydrazone groups is 1. The molecule has 0 fully saturated rings. The summed E-state index contributed by atoms with van der Waals surface area (Å²) in [4.78, 5) is 24.5. The predicted molar refractivity (Wildman–Crippen MR) is 116 cm³/mol. The number of aryl methyl sites for hydroxylation is 1. The highest BCUT2D eigenvalue weighted by atomic mass is 16.5. The van der Waals surface area contributed by atoms with Gasteiger partial charge in [-0.05, 0) is 49.7 Å². The van der Waals surface area contributed by atoms with E-state index in [0.29, 0.717) is 5.56 Å². The van der Waals surface area contributed by atoms with Gasteiger partial charge in [-0.1, -0.05) is 30.3 Å². The van der Waals surface area contributed by atoms with E-state index in [0.717, 1.165) is 28.3 Å². The molecule has 0 unspecified atom stereocenters. The van der Waals surface area contributed by atoms with Crippen LogP contribution >= 0.6 is 0 Å². The van der Waals surface area contributed by atoms with Crippen molar-refractivity contribution < 1.29 is 14.3 Å². The third-order valence-electron chi connectivity index (χ3n) is 4.64. The number of methoxy groups -OCH3 is 1. The molecule has 0 saturated heterocycles. The summed E-state index contributed by atoms with van der Waals surface area (Å²) in [6.07, 6.45) is 1.78. The van der Waals surface area contributed by atoms with E-state index in [1.165, 1.54) is 0 Å². The van der Waals surface area contributed by atoms with Gasteiger partial charge in [0.05, 0.1) is 19.7 Å². The van der Waals surface area contributed by atoms with Crippen LogP contribution in [0.15, 0.2) is 65.8 Å². The van der Waals surface area contributed by atoms with Crippen LogP contribution in [0.5, 0.6) is 5.75 Å². The molecule has 2 N–H and O–H groups in total. The molecular formula is C23H24N4O3. The summed E-state index contributed by atoms with van der Waals surface area (Å²) in [6, 6.07) is 18.2. The summed E-state index contributed by atoms with van der Waals surface area (Å²) in [5.41, 5.74) is 9.31. The number of aromatic nitrogens is 1. The first-order valence-corrected chi connectivity index (χ1v) is 9.48. The fraction of sp³-hybridized carbons (Fsp3) is 0.174. The van der Waals surface area contributed by atoms with Gasteiger partial charge in [-0.3, -0.25) is 19.7 Å². The van der Waals surface area contributed by atoms with Gasteiger partial charge < -0.3 is 4.74 Å². The Morgan fingerprint density at radius 2 is 1.77 bits per heavy atom. The number of rotatable bonds is 7. The van der Waals surface area contributed by atoms with Crippen LogP contribution in [0.25, 0.3) is 0 Å². The summed E-state index contributed by atoms with van der Waals surface area (Å²) < 4.78 is 6.81. The van der Waals surface area contributed by atoms with E-state index in [2.05, 4.69) is 16.0 Å². The van der Waals surface area contributed by atoms with Crippen LogP contribution in [0.2, 0.25) is 0 Å². The molecular weight excluding hydrogens is 380 g/mol. The third kappa shape index (κ3) is 5.14. The minimum Gasteiger partial charge on any atom is -0.497 e. The second kappa shape index (κ2) is 9.56. The Morgan fingerprint density at radius 1 is 1.07 bits per heavy atom. The number of nitrogens with one attached hydrogen (secondary N) is 2. The Morgan fingerprint density at radius 3 is 2.43 bits per heavy atom. The molecule has 0 atom stereocenters. The molecule has 7 heteroatoms. The van der Waals surface area contributed by atoms with Gasteiger partial charge in [-0.25, -0.2) is 5.43 Å². The van der Waals surface area contributed by atoms with Crippen molar-refractivity contribution in [2.75, 3.05) is 12.5 Å². The van der Waals surface area contributed by atoms with Crippen LogP contribution in [0.1, 0.15) is 32.9 Å². The van der Waals surface area contributed by atoms with Crippen LogP contribution < -0.4 is 15.6 Å². The SMILES string of the molecule is COc1ccc(CC(=O)N/N=C/c2cc(C)n(NC(=O)c3ccccc3)c2C)cc1. The summed E-state index contributed by atoms with van der Waals surface area (Å²) in [7, 11) is 1.60. The molecule has 3 aromatic rings. The van der Waals surface area contributed by atoms with Gasteiger partial charge in [0.1, 0.15) is 5.75 Å². The predicted octanol–water partition coefficient (Wildman–Crippen LogP) is 3.19. The van der Waals surface area contributed by atoms with E-state index in [-0.39, 0.29) is 18.2 Å². The van der Waals surface area contributed by atoms with Crippen LogP contribution in [0, 0.1) is 13.8 Å². The molecule has 7 nitrogen and oxygen atoms in total. The number of benzene rings is 2. The maximum atomic E-state index is 12.4. The maximum Gasteiger partial charge on any atom is 0.270 e. The molecule has 0 aliphatic carbocycles. The second-order valence-corrected chi connectivity index (χ2v) is 6.79. The van der Waals surface area contributed by atoms with Gasteiger partial charge in [0.15, 0.2) is 0 Å². The number of amides is 2. The van der Waals surface area contributed by atoms with Crippen molar-refractivity contribution in [2.45, 2.75) is 20.3 Å². The summed E-state index contributed by atoms with van der Waals surface area (Å²) in [5.74, 6) is 0.322. The van der Waals surface area contributed by atoms with Gasteiger partial charge in [0.25, 0.3) is 5.91 Å². The Labute approximate surface area is 175 Å². The van der Waals surface area contributed by atoms with Crippen molar-refractivity contribution >= 4 is 18.0 Å². The highest BCUT2D eigenvalue weighted by molar-refractivity contribution is 6.00. The molecule has 0 saturated carbocycles. The second-order valence-electron chi connectivity index (χ2n) is 6.79. The minimum absolute atomic E-state index is 0.200. The molecule has 2 aromatic carbocycles. The van der Waals surface area contributed by atoms with Crippen molar-refractivity contribution in [1.29, 1.82) is 0 Å². The van der Waals surface area contributed by atoms with Gasteiger partial charge in [-0.15, -0.1) is 0 Å². The highest BCUT2D eigenvalue weighted by Crippen LogP contribution is 2.13. The van der Waals surface area contributed by atoms with Crippen LogP contribution in [0.4, 0.5) is 0 Å². The van der Waals surface area contributed by atoms with Crippen LogP contribution in [-0.4, -0.2) is 29.8 Å². The zero-order valence-corrected chi connectivity index (χ0v) is 17.2. The van der Waals surface area contributed by atoms with E-state index in [1.807, 2.05) is 62.4 Å². The van der Waals surface area contributed by atoms with Crippen molar-refractivity contribution in [3.8, 4) is 5.75 Å². The standard InChI is InChI=1S/C23H24N4O3/c1-16-13-20(17(2)27(16)26-23(29)19-7-5-4-6-8-19)15-24-25-22(28)14-18-9-11-21(30-3)12-10-18/h4-13,15H,14H2,1-3H3,(H,25,28)(H,26,29)/b24-15+. The molecule has 0 spiro atoms. The summed E-state index contributed by atoms with van der Waals surface area (Å²) in [6.45, 7) is 3.76. The highest BCUT2D eigenvalue weighted by Gasteiger charge is 2.12. The van der Waals surface area contributed by atoms with E-state index in [9.17, 15) is 9.59 Å². The molecule has 30 heavy (non-hydrogen) atoms. The quantitative estimate of drug-likeness (QED) is 0.469. The topological polar surface area (TPSA) is 84.7 Å². The number of ether oxygens (including phenoxy) is 1. The Hall–Kier alpha value is -3.87. The lowest BCUT2D eigenvalue weighted by molar-refractivity contribution is -0.120. The van der Waals surface area contributed by atoms with E-state index < -0.39 is 0 Å². The number of nitrogens with zero attached hydrogens (tertiary/aromatic N) is 2. The lowest BCUT2D eigenvalue weighted by Gasteiger charge is -2.11. The first-order chi connectivity index (χ1) is 14.5. The zero-order chi connectivity index (χ0) is 21.5. The van der Waals surface area contributed by atoms with Gasteiger partial charge >= 0.3 is 0 Å². The van der Waals surface area contributed by atoms with Gasteiger partial charge in [0.2, 0.25) is 5.91 Å². The molecule has 0 aliphatic rings. The van der Waals surface area contributed by atoms with Crippen LogP contribution in [-0.2, 0) is 11.2 Å². The van der Waals surface area contributed by atoms with Crippen molar-refractivity contribution in [2.24, 2.45) is 5.10 Å². The largest absolute Gasteiger partial charge is 0.497 e. The van der Waals surface area contributed by atoms with E-state index in [4.69, 9.17) is 4.74 Å². The Balaban J connectivity index is 1.61. The first-order valence-electron chi connectivity index (χ1n) is 9.48. The molecule has 0 radical (unpaired) electrons. The Kier molecular flexibility index (Phi) is 6.64. The van der Waals surface area contributed by atoms with Crippen molar-refractivity contribution in [3.05, 3.63) is 88.7 Å². The fourth-order valence-electron chi connectivity index (χ4n) is 2.99. The van der Waals surface area contributed by atoms with Gasteiger partial charge in [0, 0.05) is 22.5 Å². The van der Waals surface area contributed by atoms with Crippen molar-refractivity contribution in [1.82, 2.24) is 10.1 Å². The number of carbonyl (C=O) groups excluding carboxylic acids is 2. The molecule has 2 amide bonds. The van der Waals surface area contributed by atoms with E-state index >= 15 is 0 Å². The smallest absolute Gasteiger partial charge is 0.270 e. The molecule has 1 heterocycles. The monoisotopic (exact) mass is 404 g/mol. The minimum atomic E-state index is -0.220. The van der Waals surface area contributed by atoms with Crippen molar-refractivity contribution in [3.63, 3.8) is 0 Å². The lowest BCUT2D eigenvalue weighted by Crippen LogP contribution is -2.24. The van der Waals surface area contributed by atoms with Gasteiger partial charge in [-0.2, -0.15) is 5.10 Å². The zero-order valence-electron chi connectivity index (χ0n) is 17.2. The summed E-state index contributed by atoms with van der Waals surface area (Å²) in [5, 5.41) is 4.05. The third-order valence-corrected chi connectivity index (χ3v) is 4.64. The number of hydrogen-bond donors (Lipinski definition) is 2. The normalized spacial score (nSPS) is 10.8. The summed E-state index contributed by atoms with van der Waals surface area (Å²) >= 11 is 0. The number of hydrogen-bond acceptors (Lipinski definition) is 4. The average Bonchev–Trinajstić information content (AvgIpc) is 3.02. The number of carbonyl (C=O) groups is 2. The molecule has 0 aliphatic heterocycles. The molecule has 154 valence electrons. The average molecular weight is 404 g/mol. The molecule has 3 rings (SSSR count).